The van der Waals surface area contributed by atoms with Gasteiger partial charge < -0.3 is 14.9 Å². The topological polar surface area (TPSA) is 60.9 Å². The van der Waals surface area contributed by atoms with Crippen LogP contribution in [0.25, 0.3) is 0 Å². The van der Waals surface area contributed by atoms with E-state index in [9.17, 15) is 9.59 Å². The molecule has 22 heavy (non-hydrogen) atoms. The zero-order valence-corrected chi connectivity index (χ0v) is 13.3. The highest BCUT2D eigenvalue weighted by Gasteiger charge is 2.26. The number of nitrogens with zero attached hydrogens (tertiary/aromatic N) is 2. The molecule has 0 saturated carbocycles. The van der Waals surface area contributed by atoms with Crippen molar-refractivity contribution in [3.05, 3.63) is 35.4 Å². The van der Waals surface area contributed by atoms with Gasteiger partial charge in [-0.25, -0.2) is 0 Å². The molecule has 1 N–H and O–H groups in total. The van der Waals surface area contributed by atoms with Crippen LogP contribution in [-0.4, -0.2) is 59.5 Å². The third-order valence-electron chi connectivity index (χ3n) is 4.16. The van der Waals surface area contributed by atoms with E-state index in [4.69, 9.17) is 5.11 Å². The molecule has 1 aliphatic heterocycles. The Morgan fingerprint density at radius 1 is 1.09 bits per heavy atom. The van der Waals surface area contributed by atoms with Gasteiger partial charge >= 0.3 is 0 Å². The summed E-state index contributed by atoms with van der Waals surface area (Å²) >= 11 is 0. The normalized spacial score (nSPS) is 16.5. The lowest BCUT2D eigenvalue weighted by atomic mass is 9.98. The summed E-state index contributed by atoms with van der Waals surface area (Å²) in [6.07, 6.45) is 0.731. The van der Waals surface area contributed by atoms with Gasteiger partial charge in [0.2, 0.25) is 11.8 Å². The number of rotatable bonds is 4. The molecule has 0 spiro atoms. The van der Waals surface area contributed by atoms with E-state index >= 15 is 0 Å². The maximum Gasteiger partial charge on any atom is 0.248 e. The Labute approximate surface area is 131 Å². The van der Waals surface area contributed by atoms with Crippen LogP contribution >= 0.6 is 0 Å². The number of carbonyl (C=O) groups excluding carboxylic acids is 2. The zero-order chi connectivity index (χ0) is 16.1. The van der Waals surface area contributed by atoms with Crippen molar-refractivity contribution in [1.82, 2.24) is 9.80 Å². The highest BCUT2D eigenvalue weighted by atomic mass is 16.3. The summed E-state index contributed by atoms with van der Waals surface area (Å²) in [5.41, 5.74) is 2.38. The van der Waals surface area contributed by atoms with Crippen LogP contribution < -0.4 is 0 Å². The second kappa shape index (κ2) is 7.40. The number of amides is 2. The van der Waals surface area contributed by atoms with Crippen LogP contribution in [0.1, 0.15) is 18.1 Å². The molecule has 1 heterocycles. The summed E-state index contributed by atoms with van der Waals surface area (Å²) < 4.78 is 0. The average molecular weight is 304 g/mol. The van der Waals surface area contributed by atoms with Crippen molar-refractivity contribution in [2.45, 2.75) is 20.3 Å². The Morgan fingerprint density at radius 2 is 1.64 bits per heavy atom. The van der Waals surface area contributed by atoms with Crippen LogP contribution in [0.2, 0.25) is 0 Å². The highest BCUT2D eigenvalue weighted by Crippen LogP contribution is 2.14. The minimum Gasteiger partial charge on any atom is -0.387 e. The molecule has 1 aromatic carbocycles. The largest absolute Gasteiger partial charge is 0.387 e. The number of piperazine rings is 1. The van der Waals surface area contributed by atoms with Gasteiger partial charge in [-0.05, 0) is 18.9 Å². The molecule has 1 aliphatic rings. The van der Waals surface area contributed by atoms with Crippen molar-refractivity contribution in [1.29, 1.82) is 0 Å². The van der Waals surface area contributed by atoms with E-state index in [1.807, 2.05) is 18.7 Å². The second-order valence-electron chi connectivity index (χ2n) is 5.95. The van der Waals surface area contributed by atoms with Gasteiger partial charge in [0, 0.05) is 32.1 Å². The van der Waals surface area contributed by atoms with Crippen LogP contribution in [0.4, 0.5) is 0 Å². The molecule has 1 fully saturated rings. The van der Waals surface area contributed by atoms with Crippen LogP contribution in [0.3, 0.4) is 0 Å². The van der Waals surface area contributed by atoms with E-state index in [0.717, 1.165) is 6.42 Å². The number of aryl methyl sites for hydroxylation is 1. The summed E-state index contributed by atoms with van der Waals surface area (Å²) in [5, 5.41) is 8.86. The van der Waals surface area contributed by atoms with E-state index in [1.54, 1.807) is 4.90 Å². The number of hydrogen-bond acceptors (Lipinski definition) is 3. The lowest BCUT2D eigenvalue weighted by Gasteiger charge is -2.35. The van der Waals surface area contributed by atoms with E-state index < -0.39 is 6.61 Å². The van der Waals surface area contributed by atoms with Gasteiger partial charge in [0.1, 0.15) is 6.61 Å². The molecule has 5 heteroatoms. The molecule has 0 aliphatic carbocycles. The lowest BCUT2D eigenvalue weighted by molar-refractivity contribution is -0.143. The number of aliphatic hydroxyl groups is 1. The minimum absolute atomic E-state index is 0.0669. The Morgan fingerprint density at radius 3 is 2.18 bits per heavy atom. The summed E-state index contributed by atoms with van der Waals surface area (Å²) in [5.74, 6) is -0.195. The molecule has 1 atom stereocenters. The fourth-order valence-corrected chi connectivity index (χ4v) is 2.75. The Balaban J connectivity index is 1.86. The molecular formula is C17H24N2O3. The average Bonchev–Trinajstić information content (AvgIpc) is 2.55. The molecule has 2 rings (SSSR count). The molecule has 0 aromatic heterocycles. The van der Waals surface area contributed by atoms with Gasteiger partial charge in [0.15, 0.2) is 0 Å². The molecule has 1 aromatic rings. The monoisotopic (exact) mass is 304 g/mol. The Bertz CT molecular complexity index is 519. The number of hydrogen-bond donors (Lipinski definition) is 1. The van der Waals surface area contributed by atoms with E-state index in [1.165, 1.54) is 11.1 Å². The maximum absolute atomic E-state index is 12.5. The van der Waals surface area contributed by atoms with E-state index in [0.29, 0.717) is 26.2 Å². The molecule has 1 saturated heterocycles. The fraction of sp³-hybridized carbons (Fsp3) is 0.529. The minimum atomic E-state index is -0.461. The first-order valence-corrected chi connectivity index (χ1v) is 7.74. The van der Waals surface area contributed by atoms with Gasteiger partial charge in [0.05, 0.1) is 0 Å². The van der Waals surface area contributed by atoms with Crippen molar-refractivity contribution >= 4 is 11.8 Å². The lowest BCUT2D eigenvalue weighted by Crippen LogP contribution is -2.52. The van der Waals surface area contributed by atoms with Crippen molar-refractivity contribution in [2.75, 3.05) is 32.8 Å². The summed E-state index contributed by atoms with van der Waals surface area (Å²) in [6, 6.07) is 8.26. The third-order valence-corrected chi connectivity index (χ3v) is 4.16. The first kappa shape index (κ1) is 16.5. The van der Waals surface area contributed by atoms with Crippen molar-refractivity contribution in [3.8, 4) is 0 Å². The molecule has 0 bridgehead atoms. The summed E-state index contributed by atoms with van der Waals surface area (Å²) in [6.45, 7) is 5.63. The van der Waals surface area contributed by atoms with Crippen LogP contribution in [0, 0.1) is 12.8 Å². The molecule has 5 nitrogen and oxygen atoms in total. The van der Waals surface area contributed by atoms with Crippen LogP contribution in [0.5, 0.6) is 0 Å². The van der Waals surface area contributed by atoms with E-state index in [-0.39, 0.29) is 17.7 Å². The summed E-state index contributed by atoms with van der Waals surface area (Å²) in [7, 11) is 0. The summed E-state index contributed by atoms with van der Waals surface area (Å²) in [4.78, 5) is 27.3. The van der Waals surface area contributed by atoms with Gasteiger partial charge in [-0.1, -0.05) is 36.8 Å². The van der Waals surface area contributed by atoms with Crippen molar-refractivity contribution in [3.63, 3.8) is 0 Å². The van der Waals surface area contributed by atoms with Crippen molar-refractivity contribution < 1.29 is 14.7 Å². The van der Waals surface area contributed by atoms with Crippen molar-refractivity contribution in [2.24, 2.45) is 5.92 Å². The predicted molar refractivity (Wildman–Crippen MR) is 84.3 cm³/mol. The highest BCUT2D eigenvalue weighted by molar-refractivity contribution is 5.80. The van der Waals surface area contributed by atoms with E-state index in [2.05, 4.69) is 24.3 Å². The predicted octanol–water partition coefficient (Wildman–Crippen LogP) is 0.837. The van der Waals surface area contributed by atoms with Crippen LogP contribution in [-0.2, 0) is 16.0 Å². The van der Waals surface area contributed by atoms with Gasteiger partial charge in [-0.3, -0.25) is 9.59 Å². The Hall–Kier alpha value is -1.88. The standard InChI is InChI=1S/C17H24N2O3/c1-13-3-5-15(6-4-13)11-14(2)17(22)19-9-7-18(8-10-19)16(21)12-20/h3-6,14,20H,7-12H2,1-2H3. The van der Waals surface area contributed by atoms with Gasteiger partial charge in [-0.15, -0.1) is 0 Å². The molecule has 0 radical (unpaired) electrons. The zero-order valence-electron chi connectivity index (χ0n) is 13.3. The van der Waals surface area contributed by atoms with Gasteiger partial charge in [-0.2, -0.15) is 0 Å². The maximum atomic E-state index is 12.5. The van der Waals surface area contributed by atoms with Crippen LogP contribution in [0.15, 0.2) is 24.3 Å². The Kier molecular flexibility index (Phi) is 5.55. The first-order valence-electron chi connectivity index (χ1n) is 7.74. The number of aliphatic hydroxyl groups excluding tert-OH is 1. The molecule has 1 unspecified atom stereocenters. The molecule has 120 valence electrons. The number of carbonyl (C=O) groups is 2. The number of benzene rings is 1. The van der Waals surface area contributed by atoms with Gasteiger partial charge in [0.25, 0.3) is 0 Å². The third kappa shape index (κ3) is 4.07. The smallest absolute Gasteiger partial charge is 0.248 e. The first-order chi connectivity index (χ1) is 10.5. The second-order valence-corrected chi connectivity index (χ2v) is 5.95. The quantitative estimate of drug-likeness (QED) is 0.896. The molecular weight excluding hydrogens is 280 g/mol. The molecule has 2 amide bonds. The fourth-order valence-electron chi connectivity index (χ4n) is 2.75. The SMILES string of the molecule is Cc1ccc(CC(C)C(=O)N2CCN(C(=O)CO)CC2)cc1.